The molecule has 0 aromatic carbocycles. The SMILES string of the molecule is COCCNC(=S)NCCCn1nc(C(F)(F)F)c(Cl)c1C. The first-order valence-corrected chi connectivity index (χ1v) is 7.36. The van der Waals surface area contributed by atoms with E-state index in [1.807, 2.05) is 0 Å². The van der Waals surface area contributed by atoms with Crippen molar-refractivity contribution in [1.29, 1.82) is 0 Å². The van der Waals surface area contributed by atoms with Crippen molar-refractivity contribution >= 4 is 28.9 Å². The fourth-order valence-corrected chi connectivity index (χ4v) is 2.13. The van der Waals surface area contributed by atoms with Gasteiger partial charge in [-0.15, -0.1) is 0 Å². The fourth-order valence-electron chi connectivity index (χ4n) is 1.68. The molecule has 0 radical (unpaired) electrons. The van der Waals surface area contributed by atoms with Crippen LogP contribution in [0.25, 0.3) is 0 Å². The molecule has 1 rings (SSSR count). The minimum absolute atomic E-state index is 0.301. The van der Waals surface area contributed by atoms with E-state index >= 15 is 0 Å². The molecule has 0 bridgehead atoms. The van der Waals surface area contributed by atoms with E-state index in [2.05, 4.69) is 15.7 Å². The molecule has 0 saturated heterocycles. The lowest BCUT2D eigenvalue weighted by Crippen LogP contribution is -2.37. The maximum absolute atomic E-state index is 12.7. The monoisotopic (exact) mass is 358 g/mol. The van der Waals surface area contributed by atoms with Crippen LogP contribution in [0.3, 0.4) is 0 Å². The fraction of sp³-hybridized carbons (Fsp3) is 0.667. The van der Waals surface area contributed by atoms with Gasteiger partial charge < -0.3 is 15.4 Å². The van der Waals surface area contributed by atoms with Gasteiger partial charge in [0.15, 0.2) is 10.8 Å². The summed E-state index contributed by atoms with van der Waals surface area (Å²) < 4.78 is 44.1. The van der Waals surface area contributed by atoms with Crippen LogP contribution in [0.4, 0.5) is 13.2 Å². The van der Waals surface area contributed by atoms with E-state index in [1.54, 1.807) is 7.11 Å². The number of aromatic nitrogens is 2. The van der Waals surface area contributed by atoms with Gasteiger partial charge in [0.2, 0.25) is 0 Å². The van der Waals surface area contributed by atoms with Crippen molar-refractivity contribution in [2.24, 2.45) is 0 Å². The van der Waals surface area contributed by atoms with Crippen LogP contribution in [0.15, 0.2) is 0 Å². The number of methoxy groups -OCH3 is 1. The highest BCUT2D eigenvalue weighted by Gasteiger charge is 2.38. The van der Waals surface area contributed by atoms with Gasteiger partial charge in [-0.3, -0.25) is 4.68 Å². The van der Waals surface area contributed by atoms with Crippen molar-refractivity contribution in [3.63, 3.8) is 0 Å². The summed E-state index contributed by atoms with van der Waals surface area (Å²) in [5, 5.41) is 9.53. The molecule has 0 fully saturated rings. The second kappa shape index (κ2) is 8.54. The van der Waals surface area contributed by atoms with E-state index in [4.69, 9.17) is 28.6 Å². The van der Waals surface area contributed by atoms with Gasteiger partial charge in [0.05, 0.1) is 17.3 Å². The van der Waals surface area contributed by atoms with E-state index < -0.39 is 11.9 Å². The minimum Gasteiger partial charge on any atom is -0.383 e. The van der Waals surface area contributed by atoms with E-state index in [0.717, 1.165) is 0 Å². The summed E-state index contributed by atoms with van der Waals surface area (Å²) in [6, 6.07) is 0. The molecule has 1 aromatic heterocycles. The van der Waals surface area contributed by atoms with Gasteiger partial charge in [-0.2, -0.15) is 18.3 Å². The Bertz CT molecular complexity index is 507. The van der Waals surface area contributed by atoms with Crippen LogP contribution in [0.5, 0.6) is 0 Å². The number of nitrogens with one attached hydrogen (secondary N) is 2. The topological polar surface area (TPSA) is 51.1 Å². The van der Waals surface area contributed by atoms with Crippen LogP contribution >= 0.6 is 23.8 Å². The van der Waals surface area contributed by atoms with Crippen molar-refractivity contribution in [3.05, 3.63) is 16.4 Å². The van der Waals surface area contributed by atoms with Crippen molar-refractivity contribution in [2.75, 3.05) is 26.8 Å². The molecule has 0 unspecified atom stereocenters. The molecular formula is C12H18ClF3N4OS. The van der Waals surface area contributed by atoms with Crippen molar-refractivity contribution < 1.29 is 17.9 Å². The van der Waals surface area contributed by atoms with Gasteiger partial charge in [0.25, 0.3) is 0 Å². The number of nitrogens with zero attached hydrogens (tertiary/aromatic N) is 2. The first-order chi connectivity index (χ1) is 10.3. The van der Waals surface area contributed by atoms with E-state index in [-0.39, 0.29) is 5.02 Å². The molecule has 10 heteroatoms. The third kappa shape index (κ3) is 5.62. The van der Waals surface area contributed by atoms with Crippen molar-refractivity contribution in [3.8, 4) is 0 Å². The Morgan fingerprint density at radius 3 is 2.55 bits per heavy atom. The van der Waals surface area contributed by atoms with Crippen molar-refractivity contribution in [2.45, 2.75) is 26.1 Å². The van der Waals surface area contributed by atoms with Crippen LogP contribution < -0.4 is 10.6 Å². The van der Waals surface area contributed by atoms with Gasteiger partial charge in [-0.25, -0.2) is 0 Å². The summed E-state index contributed by atoms with van der Waals surface area (Å²) in [5.41, 5.74) is -0.744. The molecule has 5 nitrogen and oxygen atoms in total. The van der Waals surface area contributed by atoms with Gasteiger partial charge >= 0.3 is 6.18 Å². The number of hydrogen-bond donors (Lipinski definition) is 2. The van der Waals surface area contributed by atoms with E-state index in [1.165, 1.54) is 11.6 Å². The summed E-state index contributed by atoms with van der Waals surface area (Å²) >= 11 is 10.7. The third-order valence-electron chi connectivity index (χ3n) is 2.83. The molecular weight excluding hydrogens is 341 g/mol. The summed E-state index contributed by atoms with van der Waals surface area (Å²) in [7, 11) is 1.59. The standard InChI is InChI=1S/C12H18ClF3N4OS/c1-8-9(13)10(12(14,15)16)19-20(8)6-3-4-17-11(22)18-5-7-21-2/h3-7H2,1-2H3,(H2,17,18,22). The van der Waals surface area contributed by atoms with Gasteiger partial charge in [0, 0.05) is 26.7 Å². The maximum atomic E-state index is 12.7. The number of aryl methyl sites for hydroxylation is 1. The summed E-state index contributed by atoms with van der Waals surface area (Å²) in [6.45, 7) is 3.46. The number of ether oxygens (including phenoxy) is 1. The quantitative estimate of drug-likeness (QED) is 0.579. The highest BCUT2D eigenvalue weighted by Crippen LogP contribution is 2.35. The smallest absolute Gasteiger partial charge is 0.383 e. The molecule has 0 saturated carbocycles. The lowest BCUT2D eigenvalue weighted by Gasteiger charge is -2.10. The number of rotatable bonds is 7. The zero-order valence-electron chi connectivity index (χ0n) is 12.3. The number of hydrogen-bond acceptors (Lipinski definition) is 3. The predicted molar refractivity (Wildman–Crippen MR) is 82.1 cm³/mol. The maximum Gasteiger partial charge on any atom is 0.436 e. The highest BCUT2D eigenvalue weighted by molar-refractivity contribution is 7.80. The van der Waals surface area contributed by atoms with Gasteiger partial charge in [-0.1, -0.05) is 11.6 Å². The Labute approximate surface area is 137 Å². The molecule has 0 atom stereocenters. The Hall–Kier alpha value is -1.06. The molecule has 1 aromatic rings. The molecule has 0 amide bonds. The average molecular weight is 359 g/mol. The first kappa shape index (κ1) is 19.0. The van der Waals surface area contributed by atoms with Gasteiger partial charge in [0.1, 0.15) is 0 Å². The van der Waals surface area contributed by atoms with Gasteiger partial charge in [-0.05, 0) is 25.6 Å². The second-order valence-corrected chi connectivity index (χ2v) is 5.28. The Morgan fingerprint density at radius 1 is 1.36 bits per heavy atom. The Kier molecular flexibility index (Phi) is 7.37. The zero-order chi connectivity index (χ0) is 16.8. The van der Waals surface area contributed by atoms with Crippen LogP contribution in [0.2, 0.25) is 5.02 Å². The number of thiocarbonyl (C=S) groups is 1. The highest BCUT2D eigenvalue weighted by atomic mass is 35.5. The normalized spacial score (nSPS) is 11.5. The van der Waals surface area contributed by atoms with Crippen LogP contribution in [0, 0.1) is 6.92 Å². The van der Waals surface area contributed by atoms with Crippen LogP contribution in [-0.2, 0) is 17.5 Å². The summed E-state index contributed by atoms with van der Waals surface area (Å²) in [6.07, 6.45) is -3.99. The molecule has 0 aliphatic rings. The number of alkyl halides is 3. The predicted octanol–water partition coefficient (Wildman–Crippen LogP) is 2.36. The molecule has 1 heterocycles. The third-order valence-corrected chi connectivity index (χ3v) is 3.57. The molecule has 0 spiro atoms. The second-order valence-electron chi connectivity index (χ2n) is 4.50. The molecule has 0 aliphatic heterocycles. The molecule has 126 valence electrons. The van der Waals surface area contributed by atoms with E-state index in [0.29, 0.717) is 43.5 Å². The summed E-state index contributed by atoms with van der Waals surface area (Å²) in [5.74, 6) is 0. The summed E-state index contributed by atoms with van der Waals surface area (Å²) in [4.78, 5) is 0. The lowest BCUT2D eigenvalue weighted by molar-refractivity contribution is -0.141. The molecule has 2 N–H and O–H groups in total. The zero-order valence-corrected chi connectivity index (χ0v) is 13.8. The van der Waals surface area contributed by atoms with Crippen LogP contribution in [0.1, 0.15) is 17.8 Å². The van der Waals surface area contributed by atoms with Crippen LogP contribution in [-0.4, -0.2) is 41.7 Å². The lowest BCUT2D eigenvalue weighted by atomic mass is 10.3. The largest absolute Gasteiger partial charge is 0.436 e. The first-order valence-electron chi connectivity index (χ1n) is 6.58. The number of halogens is 4. The minimum atomic E-state index is -4.54. The Balaban J connectivity index is 2.41. The molecule has 0 aliphatic carbocycles. The van der Waals surface area contributed by atoms with E-state index in [9.17, 15) is 13.2 Å². The molecule has 22 heavy (non-hydrogen) atoms. The Morgan fingerprint density at radius 2 is 2.00 bits per heavy atom. The van der Waals surface area contributed by atoms with Crippen molar-refractivity contribution in [1.82, 2.24) is 20.4 Å². The average Bonchev–Trinajstić information content (AvgIpc) is 2.72.